The molecule has 1 saturated heterocycles. The van der Waals surface area contributed by atoms with Gasteiger partial charge in [-0.1, -0.05) is 6.07 Å². The minimum Gasteiger partial charge on any atom is -0.444 e. The number of anilines is 1. The zero-order valence-electron chi connectivity index (χ0n) is 19.8. The van der Waals surface area contributed by atoms with Gasteiger partial charge in [-0.25, -0.2) is 14.6 Å². The van der Waals surface area contributed by atoms with Crippen molar-refractivity contribution in [3.8, 4) is 11.3 Å². The van der Waals surface area contributed by atoms with E-state index in [2.05, 4.69) is 15.2 Å². The van der Waals surface area contributed by atoms with Crippen molar-refractivity contribution in [3.05, 3.63) is 64.8 Å². The number of imidazole rings is 1. The van der Waals surface area contributed by atoms with Gasteiger partial charge in [0.05, 0.1) is 17.3 Å². The fraction of sp³-hybridized carbons (Fsp3) is 0.346. The fourth-order valence-corrected chi connectivity index (χ4v) is 4.29. The second-order valence-corrected chi connectivity index (χ2v) is 9.85. The molecule has 0 bridgehead atoms. The van der Waals surface area contributed by atoms with Gasteiger partial charge in [-0.05, 0) is 63.9 Å². The molecule has 1 atom stereocenters. The quantitative estimate of drug-likeness (QED) is 0.452. The third-order valence-corrected chi connectivity index (χ3v) is 5.87. The minimum absolute atomic E-state index is 0.00128. The van der Waals surface area contributed by atoms with Crippen LogP contribution in [0, 0.1) is 6.92 Å². The first-order chi connectivity index (χ1) is 16.1. The predicted octanol–water partition coefficient (Wildman–Crippen LogP) is 4.52. The molecule has 1 aliphatic rings. The Hall–Kier alpha value is -3.81. The first kappa shape index (κ1) is 22.0. The molecule has 4 aromatic rings. The van der Waals surface area contributed by atoms with Crippen molar-refractivity contribution in [2.75, 3.05) is 18.0 Å². The lowest BCUT2D eigenvalue weighted by molar-refractivity contribution is 0.0509. The lowest BCUT2D eigenvalue weighted by Gasteiger charge is -2.22. The van der Waals surface area contributed by atoms with Crippen LogP contribution >= 0.6 is 0 Å². The van der Waals surface area contributed by atoms with Crippen molar-refractivity contribution >= 4 is 28.4 Å². The predicted molar refractivity (Wildman–Crippen MR) is 131 cm³/mol. The van der Waals surface area contributed by atoms with Crippen molar-refractivity contribution in [1.29, 1.82) is 0 Å². The van der Waals surface area contributed by atoms with Crippen LogP contribution in [0.3, 0.4) is 0 Å². The lowest BCUT2D eigenvalue weighted by atomic mass is 10.1. The van der Waals surface area contributed by atoms with E-state index in [0.29, 0.717) is 23.4 Å². The summed E-state index contributed by atoms with van der Waals surface area (Å²) < 4.78 is 13.0. The normalized spacial score (nSPS) is 16.4. The van der Waals surface area contributed by atoms with Gasteiger partial charge < -0.3 is 23.8 Å². The van der Waals surface area contributed by atoms with Gasteiger partial charge in [-0.15, -0.1) is 0 Å². The summed E-state index contributed by atoms with van der Waals surface area (Å²) in [6.07, 6.45) is 4.23. The van der Waals surface area contributed by atoms with Gasteiger partial charge in [-0.3, -0.25) is 0 Å². The average Bonchev–Trinajstić information content (AvgIpc) is 3.38. The van der Waals surface area contributed by atoms with E-state index in [4.69, 9.17) is 9.15 Å². The summed E-state index contributed by atoms with van der Waals surface area (Å²) in [6, 6.07) is 11.6. The topological polar surface area (TPSA) is 89.1 Å². The molecule has 5 rings (SSSR count). The van der Waals surface area contributed by atoms with Gasteiger partial charge in [-0.2, -0.15) is 0 Å². The van der Waals surface area contributed by atoms with Crippen molar-refractivity contribution in [1.82, 2.24) is 14.7 Å². The summed E-state index contributed by atoms with van der Waals surface area (Å²) in [6.45, 7) is 8.99. The summed E-state index contributed by atoms with van der Waals surface area (Å²) in [5, 5.41) is 3.76. The zero-order chi connectivity index (χ0) is 24.0. The van der Waals surface area contributed by atoms with Crippen LogP contribution < -0.4 is 15.8 Å². The molecule has 1 aliphatic heterocycles. The van der Waals surface area contributed by atoms with E-state index in [1.165, 1.54) is 0 Å². The van der Waals surface area contributed by atoms with Gasteiger partial charge in [0.1, 0.15) is 16.8 Å². The van der Waals surface area contributed by atoms with E-state index in [9.17, 15) is 9.59 Å². The number of amides is 1. The molecule has 1 N–H and O–H groups in total. The third kappa shape index (κ3) is 4.48. The van der Waals surface area contributed by atoms with E-state index in [1.54, 1.807) is 0 Å². The van der Waals surface area contributed by atoms with Crippen LogP contribution in [0.25, 0.3) is 27.9 Å². The van der Waals surface area contributed by atoms with Crippen molar-refractivity contribution in [2.45, 2.75) is 45.8 Å². The van der Waals surface area contributed by atoms with Crippen molar-refractivity contribution in [2.24, 2.45) is 0 Å². The highest BCUT2D eigenvalue weighted by molar-refractivity contribution is 5.84. The summed E-state index contributed by atoms with van der Waals surface area (Å²) in [7, 11) is 0. The van der Waals surface area contributed by atoms with E-state index < -0.39 is 17.3 Å². The Labute approximate surface area is 197 Å². The molecule has 4 heterocycles. The molecular formula is C26H28N4O4. The largest absolute Gasteiger partial charge is 0.444 e. The number of nitrogens with zero attached hydrogens (tertiary/aromatic N) is 3. The molecule has 3 aromatic heterocycles. The number of benzene rings is 1. The van der Waals surface area contributed by atoms with Gasteiger partial charge >= 0.3 is 11.7 Å². The molecule has 0 radical (unpaired) electrons. The Bertz CT molecular complexity index is 1450. The van der Waals surface area contributed by atoms with Crippen molar-refractivity contribution in [3.63, 3.8) is 0 Å². The fourth-order valence-electron chi connectivity index (χ4n) is 4.29. The van der Waals surface area contributed by atoms with E-state index >= 15 is 0 Å². The molecule has 0 saturated carbocycles. The Morgan fingerprint density at radius 1 is 1.18 bits per heavy atom. The second kappa shape index (κ2) is 8.20. The van der Waals surface area contributed by atoms with Gasteiger partial charge in [0.15, 0.2) is 0 Å². The maximum atomic E-state index is 12.8. The smallest absolute Gasteiger partial charge is 0.407 e. The zero-order valence-corrected chi connectivity index (χ0v) is 19.8. The van der Waals surface area contributed by atoms with Crippen LogP contribution in [0.5, 0.6) is 0 Å². The third-order valence-electron chi connectivity index (χ3n) is 5.87. The number of aromatic nitrogens is 2. The number of alkyl carbamates (subject to hydrolysis) is 1. The maximum absolute atomic E-state index is 12.8. The average molecular weight is 461 g/mol. The number of ether oxygens (including phenoxy) is 1. The van der Waals surface area contributed by atoms with Gasteiger partial charge in [0.25, 0.3) is 0 Å². The van der Waals surface area contributed by atoms with Crippen LogP contribution in [0.1, 0.15) is 32.8 Å². The number of aryl methyl sites for hydroxylation is 1. The van der Waals surface area contributed by atoms with Crippen LogP contribution in [-0.2, 0) is 4.74 Å². The first-order valence-electron chi connectivity index (χ1n) is 11.4. The Balaban J connectivity index is 1.36. The first-order valence-corrected chi connectivity index (χ1v) is 11.4. The number of rotatable bonds is 3. The van der Waals surface area contributed by atoms with Gasteiger partial charge in [0, 0.05) is 42.6 Å². The minimum atomic E-state index is -0.528. The molecule has 1 fully saturated rings. The van der Waals surface area contributed by atoms with E-state index in [0.717, 1.165) is 35.2 Å². The molecule has 176 valence electrons. The molecule has 8 nitrogen and oxygen atoms in total. The SMILES string of the molecule is Cc1ccc2nc(-c3cc4ccc(N5CC[C@H](NC(=O)OC(C)(C)C)C5)cc4oc3=O)cn2c1. The van der Waals surface area contributed by atoms with Crippen LogP contribution in [0.2, 0.25) is 0 Å². The van der Waals surface area contributed by atoms with Crippen LogP contribution in [-0.4, -0.2) is 40.2 Å². The second-order valence-electron chi connectivity index (χ2n) is 9.85. The Morgan fingerprint density at radius 3 is 2.79 bits per heavy atom. The number of hydrogen-bond donors (Lipinski definition) is 1. The Morgan fingerprint density at radius 2 is 2.00 bits per heavy atom. The van der Waals surface area contributed by atoms with Gasteiger partial charge in [0.2, 0.25) is 0 Å². The standard InChI is InChI=1S/C26H28N4O4/c1-16-5-8-23-28-21(15-30(23)13-16)20-11-17-6-7-19(12-22(17)33-24(20)31)29-10-9-18(14-29)27-25(32)34-26(2,3)4/h5-8,11-13,15,18H,9-10,14H2,1-4H3,(H,27,32)/t18-/m0/s1. The summed E-state index contributed by atoms with van der Waals surface area (Å²) >= 11 is 0. The number of fused-ring (bicyclic) bond motifs is 2. The number of pyridine rings is 1. The molecule has 1 aromatic carbocycles. The summed E-state index contributed by atoms with van der Waals surface area (Å²) in [5.41, 5.74) is 3.42. The molecule has 34 heavy (non-hydrogen) atoms. The van der Waals surface area contributed by atoms with Crippen molar-refractivity contribution < 1.29 is 13.9 Å². The van der Waals surface area contributed by atoms with E-state index in [-0.39, 0.29) is 6.04 Å². The summed E-state index contributed by atoms with van der Waals surface area (Å²) in [5.74, 6) is 0. The summed E-state index contributed by atoms with van der Waals surface area (Å²) in [4.78, 5) is 31.6. The number of nitrogens with one attached hydrogen (secondary N) is 1. The number of hydrogen-bond acceptors (Lipinski definition) is 6. The van der Waals surface area contributed by atoms with Crippen LogP contribution in [0.4, 0.5) is 10.5 Å². The number of carbonyl (C=O) groups is 1. The maximum Gasteiger partial charge on any atom is 0.407 e. The number of carbonyl (C=O) groups excluding carboxylic acids is 1. The monoisotopic (exact) mass is 460 g/mol. The molecule has 0 spiro atoms. The molecule has 0 unspecified atom stereocenters. The Kier molecular flexibility index (Phi) is 5.31. The van der Waals surface area contributed by atoms with E-state index in [1.807, 2.05) is 80.9 Å². The highest BCUT2D eigenvalue weighted by Gasteiger charge is 2.26. The highest BCUT2D eigenvalue weighted by Crippen LogP contribution is 2.27. The molecular weight excluding hydrogens is 432 g/mol. The molecule has 0 aliphatic carbocycles. The molecule has 1 amide bonds. The lowest BCUT2D eigenvalue weighted by Crippen LogP contribution is -2.40. The van der Waals surface area contributed by atoms with Crippen LogP contribution in [0.15, 0.2) is 58.0 Å². The highest BCUT2D eigenvalue weighted by atomic mass is 16.6. The molecule has 8 heteroatoms.